The summed E-state index contributed by atoms with van der Waals surface area (Å²) in [6.07, 6.45) is 0.611. The van der Waals surface area contributed by atoms with Gasteiger partial charge in [0.2, 0.25) is 5.91 Å². The molecule has 104 valence electrons. The van der Waals surface area contributed by atoms with Crippen LogP contribution in [0.4, 0.5) is 8.78 Å². The fourth-order valence-corrected chi connectivity index (χ4v) is 1.63. The van der Waals surface area contributed by atoms with E-state index in [-0.39, 0.29) is 5.92 Å². The van der Waals surface area contributed by atoms with E-state index >= 15 is 0 Å². The van der Waals surface area contributed by atoms with Crippen LogP contribution in [-0.2, 0) is 4.79 Å². The van der Waals surface area contributed by atoms with Crippen LogP contribution in [0.1, 0.15) is 30.6 Å². The average molecular weight is 270 g/mol. The minimum Gasteiger partial charge on any atom is -0.368 e. The van der Waals surface area contributed by atoms with Crippen LogP contribution in [0.3, 0.4) is 0 Å². The number of carbonyl (C=O) groups excluding carboxylic acids is 2. The number of carbonyl (C=O) groups is 2. The molecule has 0 bridgehead atoms. The summed E-state index contributed by atoms with van der Waals surface area (Å²) >= 11 is 0. The molecule has 1 rings (SSSR count). The molecular weight excluding hydrogens is 254 g/mol. The van der Waals surface area contributed by atoms with E-state index in [1.54, 1.807) is 6.92 Å². The summed E-state index contributed by atoms with van der Waals surface area (Å²) in [6, 6.07) is 2.35. The molecule has 1 aromatic carbocycles. The van der Waals surface area contributed by atoms with E-state index in [1.165, 1.54) is 6.07 Å². The van der Waals surface area contributed by atoms with Gasteiger partial charge in [-0.05, 0) is 18.1 Å². The van der Waals surface area contributed by atoms with E-state index < -0.39 is 35.1 Å². The SMILES string of the molecule is CC[C@H](C)[C@H](NC(=O)c1cccc(F)c1F)C(N)=O. The summed E-state index contributed by atoms with van der Waals surface area (Å²) in [6.45, 7) is 3.56. The molecule has 0 fully saturated rings. The normalized spacial score (nSPS) is 13.7. The summed E-state index contributed by atoms with van der Waals surface area (Å²) in [7, 11) is 0. The van der Waals surface area contributed by atoms with Gasteiger partial charge >= 0.3 is 0 Å². The zero-order valence-electron chi connectivity index (χ0n) is 10.7. The van der Waals surface area contributed by atoms with E-state index in [1.807, 2.05) is 6.92 Å². The Morgan fingerprint density at radius 3 is 2.53 bits per heavy atom. The Balaban J connectivity index is 2.94. The number of rotatable bonds is 5. The first-order valence-corrected chi connectivity index (χ1v) is 5.92. The smallest absolute Gasteiger partial charge is 0.255 e. The second kappa shape index (κ2) is 6.26. The molecule has 0 aromatic heterocycles. The summed E-state index contributed by atoms with van der Waals surface area (Å²) < 4.78 is 26.4. The highest BCUT2D eigenvalue weighted by Gasteiger charge is 2.25. The van der Waals surface area contributed by atoms with E-state index in [2.05, 4.69) is 5.32 Å². The molecule has 0 radical (unpaired) electrons. The molecule has 4 nitrogen and oxygen atoms in total. The molecule has 0 saturated carbocycles. The van der Waals surface area contributed by atoms with Gasteiger partial charge in [-0.2, -0.15) is 0 Å². The van der Waals surface area contributed by atoms with E-state index in [4.69, 9.17) is 5.73 Å². The third-order valence-electron chi connectivity index (χ3n) is 3.00. The second-order valence-electron chi connectivity index (χ2n) is 4.34. The van der Waals surface area contributed by atoms with Gasteiger partial charge < -0.3 is 11.1 Å². The first-order valence-electron chi connectivity index (χ1n) is 5.92. The monoisotopic (exact) mass is 270 g/mol. The molecule has 0 unspecified atom stereocenters. The number of nitrogens with two attached hydrogens (primary N) is 1. The molecule has 0 spiro atoms. The van der Waals surface area contributed by atoms with Crippen molar-refractivity contribution >= 4 is 11.8 Å². The van der Waals surface area contributed by atoms with Gasteiger partial charge in [-0.15, -0.1) is 0 Å². The quantitative estimate of drug-likeness (QED) is 0.853. The van der Waals surface area contributed by atoms with Gasteiger partial charge in [-0.25, -0.2) is 8.78 Å². The van der Waals surface area contributed by atoms with Crippen LogP contribution in [0, 0.1) is 17.6 Å². The van der Waals surface area contributed by atoms with Gasteiger partial charge in [0.25, 0.3) is 5.91 Å². The van der Waals surface area contributed by atoms with Crippen molar-refractivity contribution in [1.29, 1.82) is 0 Å². The Bertz CT molecular complexity index is 492. The zero-order valence-corrected chi connectivity index (χ0v) is 10.7. The van der Waals surface area contributed by atoms with Gasteiger partial charge in [0, 0.05) is 0 Å². The van der Waals surface area contributed by atoms with E-state index in [0.717, 1.165) is 12.1 Å². The number of benzene rings is 1. The Kier molecular flexibility index (Phi) is 4.97. The van der Waals surface area contributed by atoms with Crippen molar-refractivity contribution in [3.05, 3.63) is 35.4 Å². The molecule has 0 saturated heterocycles. The van der Waals surface area contributed by atoms with Crippen LogP contribution in [0.25, 0.3) is 0 Å². The number of nitrogens with one attached hydrogen (secondary N) is 1. The lowest BCUT2D eigenvalue weighted by Gasteiger charge is -2.21. The molecule has 0 aliphatic heterocycles. The molecule has 3 N–H and O–H groups in total. The van der Waals surface area contributed by atoms with Crippen LogP contribution < -0.4 is 11.1 Å². The van der Waals surface area contributed by atoms with Gasteiger partial charge in [0.1, 0.15) is 6.04 Å². The maximum absolute atomic E-state index is 13.4. The minimum atomic E-state index is -1.24. The number of primary amides is 1. The lowest BCUT2D eigenvalue weighted by Crippen LogP contribution is -2.48. The second-order valence-corrected chi connectivity index (χ2v) is 4.34. The fourth-order valence-electron chi connectivity index (χ4n) is 1.63. The molecule has 19 heavy (non-hydrogen) atoms. The summed E-state index contributed by atoms with van der Waals surface area (Å²) in [5, 5.41) is 2.33. The molecule has 2 atom stereocenters. The topological polar surface area (TPSA) is 72.2 Å². The number of amides is 2. The van der Waals surface area contributed by atoms with E-state index in [0.29, 0.717) is 6.42 Å². The standard InChI is InChI=1S/C13H16F2N2O2/c1-3-7(2)11(12(16)18)17-13(19)8-5-4-6-9(14)10(8)15/h4-7,11H,3H2,1-2H3,(H2,16,18)(H,17,19)/t7-,11-/m0/s1. The van der Waals surface area contributed by atoms with Crippen molar-refractivity contribution in [3.8, 4) is 0 Å². The third kappa shape index (κ3) is 3.49. The largest absolute Gasteiger partial charge is 0.368 e. The molecule has 1 aromatic rings. The van der Waals surface area contributed by atoms with Crippen LogP contribution in [0.15, 0.2) is 18.2 Å². The summed E-state index contributed by atoms with van der Waals surface area (Å²) in [5.74, 6) is -4.13. The number of hydrogen-bond donors (Lipinski definition) is 2. The molecule has 6 heteroatoms. The minimum absolute atomic E-state index is 0.196. The van der Waals surface area contributed by atoms with Crippen LogP contribution in [0.2, 0.25) is 0 Å². The summed E-state index contributed by atoms with van der Waals surface area (Å²) in [5.41, 5.74) is 4.74. The van der Waals surface area contributed by atoms with Crippen molar-refractivity contribution in [2.75, 3.05) is 0 Å². The van der Waals surface area contributed by atoms with Crippen molar-refractivity contribution in [1.82, 2.24) is 5.32 Å². The highest BCUT2D eigenvalue weighted by molar-refractivity contribution is 5.97. The van der Waals surface area contributed by atoms with Gasteiger partial charge in [-0.3, -0.25) is 9.59 Å². The first kappa shape index (κ1) is 15.1. The van der Waals surface area contributed by atoms with Gasteiger partial charge in [-0.1, -0.05) is 26.3 Å². The maximum atomic E-state index is 13.4. The number of halogens is 2. The Morgan fingerprint density at radius 1 is 1.37 bits per heavy atom. The average Bonchev–Trinajstić information content (AvgIpc) is 2.37. The third-order valence-corrected chi connectivity index (χ3v) is 3.00. The molecular formula is C13H16F2N2O2. The van der Waals surface area contributed by atoms with E-state index in [9.17, 15) is 18.4 Å². The first-order chi connectivity index (χ1) is 8.88. The van der Waals surface area contributed by atoms with Crippen LogP contribution in [0.5, 0.6) is 0 Å². The fraction of sp³-hybridized carbons (Fsp3) is 0.385. The molecule has 0 heterocycles. The molecule has 0 aliphatic carbocycles. The zero-order chi connectivity index (χ0) is 14.6. The predicted octanol–water partition coefficient (Wildman–Crippen LogP) is 1.59. The van der Waals surface area contributed by atoms with Crippen molar-refractivity contribution < 1.29 is 18.4 Å². The Labute approximate surface area is 110 Å². The molecule has 2 amide bonds. The van der Waals surface area contributed by atoms with Crippen molar-refractivity contribution in [3.63, 3.8) is 0 Å². The van der Waals surface area contributed by atoms with Gasteiger partial charge in [0.15, 0.2) is 11.6 Å². The lowest BCUT2D eigenvalue weighted by atomic mass is 9.98. The highest BCUT2D eigenvalue weighted by Crippen LogP contribution is 2.13. The highest BCUT2D eigenvalue weighted by atomic mass is 19.2. The Morgan fingerprint density at radius 2 is 2.00 bits per heavy atom. The molecule has 0 aliphatic rings. The van der Waals surface area contributed by atoms with Gasteiger partial charge in [0.05, 0.1) is 5.56 Å². The number of hydrogen-bond acceptors (Lipinski definition) is 2. The van der Waals surface area contributed by atoms with Crippen LogP contribution >= 0.6 is 0 Å². The maximum Gasteiger partial charge on any atom is 0.255 e. The Hall–Kier alpha value is -1.98. The predicted molar refractivity (Wildman–Crippen MR) is 66.3 cm³/mol. The summed E-state index contributed by atoms with van der Waals surface area (Å²) in [4.78, 5) is 23.1. The van der Waals surface area contributed by atoms with Crippen molar-refractivity contribution in [2.24, 2.45) is 11.7 Å². The lowest BCUT2D eigenvalue weighted by molar-refractivity contribution is -0.120. The van der Waals surface area contributed by atoms with Crippen LogP contribution in [-0.4, -0.2) is 17.9 Å². The van der Waals surface area contributed by atoms with Crippen molar-refractivity contribution in [2.45, 2.75) is 26.3 Å².